The van der Waals surface area contributed by atoms with Crippen LogP contribution in [0.1, 0.15) is 37.6 Å². The fourth-order valence-corrected chi connectivity index (χ4v) is 1.40. The summed E-state index contributed by atoms with van der Waals surface area (Å²) < 4.78 is 0. The SMILES string of the molecule is CC(C)(C)C(=O)NCCC(=O)Nc1cncc(C(=O)O)c1. The van der Waals surface area contributed by atoms with Crippen LogP contribution in [0.5, 0.6) is 0 Å². The van der Waals surface area contributed by atoms with E-state index in [1.54, 1.807) is 20.8 Å². The predicted octanol–water partition coefficient (Wildman–Crippen LogP) is 1.27. The molecule has 0 radical (unpaired) electrons. The summed E-state index contributed by atoms with van der Waals surface area (Å²) in [6, 6.07) is 1.32. The Hall–Kier alpha value is -2.44. The van der Waals surface area contributed by atoms with Crippen LogP contribution in [0.15, 0.2) is 18.5 Å². The topological polar surface area (TPSA) is 108 Å². The summed E-state index contributed by atoms with van der Waals surface area (Å²) in [4.78, 5) is 37.8. The van der Waals surface area contributed by atoms with Gasteiger partial charge < -0.3 is 15.7 Å². The van der Waals surface area contributed by atoms with Crippen LogP contribution in [0, 0.1) is 5.41 Å². The van der Waals surface area contributed by atoms with Gasteiger partial charge in [0.25, 0.3) is 0 Å². The maximum absolute atomic E-state index is 11.7. The Kier molecular flexibility index (Phi) is 5.40. The third-order valence-corrected chi connectivity index (χ3v) is 2.59. The third-order valence-electron chi connectivity index (χ3n) is 2.59. The summed E-state index contributed by atoms with van der Waals surface area (Å²) in [5.41, 5.74) is -0.202. The maximum atomic E-state index is 11.7. The van der Waals surface area contributed by atoms with Crippen LogP contribution in [0.2, 0.25) is 0 Å². The Morgan fingerprint density at radius 1 is 1.24 bits per heavy atom. The average Bonchev–Trinajstić information content (AvgIpc) is 2.37. The van der Waals surface area contributed by atoms with E-state index < -0.39 is 11.4 Å². The number of hydrogen-bond acceptors (Lipinski definition) is 4. The van der Waals surface area contributed by atoms with E-state index in [1.807, 2.05) is 0 Å². The molecule has 0 saturated carbocycles. The highest BCUT2D eigenvalue weighted by Crippen LogP contribution is 2.12. The molecule has 2 amide bonds. The quantitative estimate of drug-likeness (QED) is 0.757. The molecule has 0 bridgehead atoms. The van der Waals surface area contributed by atoms with Crippen molar-refractivity contribution in [3.63, 3.8) is 0 Å². The molecule has 0 unspecified atom stereocenters. The lowest BCUT2D eigenvalue weighted by Gasteiger charge is -2.17. The first kappa shape index (κ1) is 16.6. The minimum atomic E-state index is -1.11. The predicted molar refractivity (Wildman–Crippen MR) is 76.9 cm³/mol. The molecule has 3 N–H and O–H groups in total. The number of carboxylic acids is 1. The second-order valence-electron chi connectivity index (χ2n) is 5.57. The lowest BCUT2D eigenvalue weighted by atomic mass is 9.96. The zero-order chi connectivity index (χ0) is 16.0. The number of aromatic nitrogens is 1. The Balaban J connectivity index is 2.46. The maximum Gasteiger partial charge on any atom is 0.337 e. The van der Waals surface area contributed by atoms with Crippen LogP contribution in [-0.2, 0) is 9.59 Å². The molecule has 0 aliphatic rings. The van der Waals surface area contributed by atoms with Gasteiger partial charge in [-0.25, -0.2) is 4.79 Å². The number of carbonyl (C=O) groups excluding carboxylic acids is 2. The summed E-state index contributed by atoms with van der Waals surface area (Å²) in [6.45, 7) is 5.57. The summed E-state index contributed by atoms with van der Waals surface area (Å²) in [5, 5.41) is 14.0. The van der Waals surface area contributed by atoms with Crippen LogP contribution in [0.3, 0.4) is 0 Å². The van der Waals surface area contributed by atoms with Crippen molar-refractivity contribution in [3.05, 3.63) is 24.0 Å². The summed E-state index contributed by atoms with van der Waals surface area (Å²) in [5.74, 6) is -1.57. The molecule has 0 fully saturated rings. The van der Waals surface area contributed by atoms with Crippen LogP contribution >= 0.6 is 0 Å². The van der Waals surface area contributed by atoms with E-state index in [9.17, 15) is 14.4 Å². The number of pyridine rings is 1. The molecule has 0 aliphatic heterocycles. The monoisotopic (exact) mass is 293 g/mol. The number of nitrogens with zero attached hydrogens (tertiary/aromatic N) is 1. The van der Waals surface area contributed by atoms with Crippen molar-refractivity contribution in [2.24, 2.45) is 5.41 Å². The summed E-state index contributed by atoms with van der Waals surface area (Å²) in [6.07, 6.45) is 2.65. The first-order valence-electron chi connectivity index (χ1n) is 6.46. The molecule has 1 heterocycles. The van der Waals surface area contributed by atoms with Crippen molar-refractivity contribution in [1.82, 2.24) is 10.3 Å². The van der Waals surface area contributed by atoms with Gasteiger partial charge >= 0.3 is 5.97 Å². The van der Waals surface area contributed by atoms with E-state index >= 15 is 0 Å². The molecule has 1 rings (SSSR count). The van der Waals surface area contributed by atoms with Gasteiger partial charge in [0.15, 0.2) is 0 Å². The van der Waals surface area contributed by atoms with E-state index in [2.05, 4.69) is 15.6 Å². The molecule has 0 aliphatic carbocycles. The molecule has 21 heavy (non-hydrogen) atoms. The second kappa shape index (κ2) is 6.83. The number of nitrogens with one attached hydrogen (secondary N) is 2. The van der Waals surface area contributed by atoms with Crippen LogP contribution in [0.4, 0.5) is 5.69 Å². The normalized spacial score (nSPS) is 10.8. The minimum Gasteiger partial charge on any atom is -0.478 e. The largest absolute Gasteiger partial charge is 0.478 e. The van der Waals surface area contributed by atoms with Gasteiger partial charge in [-0.1, -0.05) is 20.8 Å². The van der Waals surface area contributed by atoms with E-state index in [-0.39, 0.29) is 30.3 Å². The van der Waals surface area contributed by atoms with E-state index in [0.717, 1.165) is 0 Å². The first-order valence-corrected chi connectivity index (χ1v) is 6.46. The molecule has 0 atom stereocenters. The summed E-state index contributed by atoms with van der Waals surface area (Å²) >= 11 is 0. The number of carboxylic acid groups (broad SMARTS) is 1. The van der Waals surface area contributed by atoms with Gasteiger partial charge in [-0.2, -0.15) is 0 Å². The molecular weight excluding hydrogens is 274 g/mol. The molecule has 114 valence electrons. The highest BCUT2D eigenvalue weighted by Gasteiger charge is 2.20. The summed E-state index contributed by atoms with van der Waals surface area (Å²) in [7, 11) is 0. The first-order chi connectivity index (χ1) is 9.70. The van der Waals surface area contributed by atoms with Crippen LogP contribution in [0.25, 0.3) is 0 Å². The van der Waals surface area contributed by atoms with Crippen molar-refractivity contribution in [2.75, 3.05) is 11.9 Å². The third kappa shape index (κ3) is 5.60. The molecule has 0 spiro atoms. The lowest BCUT2D eigenvalue weighted by Crippen LogP contribution is -2.36. The van der Waals surface area contributed by atoms with E-state index in [4.69, 9.17) is 5.11 Å². The Labute approximate surface area is 122 Å². The zero-order valence-corrected chi connectivity index (χ0v) is 12.3. The van der Waals surface area contributed by atoms with Crippen molar-refractivity contribution < 1.29 is 19.5 Å². The van der Waals surface area contributed by atoms with Gasteiger partial charge in [0, 0.05) is 24.6 Å². The highest BCUT2D eigenvalue weighted by molar-refractivity contribution is 5.93. The standard InChI is InChI=1S/C14H19N3O4/c1-14(2,3)13(21)16-5-4-11(18)17-10-6-9(12(19)20)7-15-8-10/h6-8H,4-5H2,1-3H3,(H,16,21)(H,17,18)(H,19,20). The van der Waals surface area contributed by atoms with Crippen molar-refractivity contribution in [1.29, 1.82) is 0 Å². The van der Waals surface area contributed by atoms with Gasteiger partial charge in [0.05, 0.1) is 17.4 Å². The molecular formula is C14H19N3O4. The van der Waals surface area contributed by atoms with Crippen LogP contribution in [-0.4, -0.2) is 34.4 Å². The van der Waals surface area contributed by atoms with Gasteiger partial charge in [0.2, 0.25) is 11.8 Å². The lowest BCUT2D eigenvalue weighted by molar-refractivity contribution is -0.128. The molecule has 0 aromatic carbocycles. The number of hydrogen-bond donors (Lipinski definition) is 3. The number of carbonyl (C=O) groups is 3. The second-order valence-corrected chi connectivity index (χ2v) is 5.57. The number of anilines is 1. The Morgan fingerprint density at radius 2 is 1.90 bits per heavy atom. The van der Waals surface area contributed by atoms with Gasteiger partial charge in [0.1, 0.15) is 0 Å². The Bertz CT molecular complexity index is 549. The van der Waals surface area contributed by atoms with Gasteiger partial charge in [-0.05, 0) is 6.07 Å². The van der Waals surface area contributed by atoms with Gasteiger partial charge in [-0.3, -0.25) is 14.6 Å². The number of amides is 2. The average molecular weight is 293 g/mol. The zero-order valence-electron chi connectivity index (χ0n) is 12.3. The highest BCUT2D eigenvalue weighted by atomic mass is 16.4. The minimum absolute atomic E-state index is 0.00571. The fourth-order valence-electron chi connectivity index (χ4n) is 1.40. The Morgan fingerprint density at radius 3 is 2.48 bits per heavy atom. The molecule has 1 aromatic rings. The van der Waals surface area contributed by atoms with Crippen molar-refractivity contribution in [2.45, 2.75) is 27.2 Å². The number of aromatic carboxylic acids is 1. The fraction of sp³-hybridized carbons (Fsp3) is 0.429. The smallest absolute Gasteiger partial charge is 0.337 e. The molecule has 7 heteroatoms. The van der Waals surface area contributed by atoms with Crippen LogP contribution < -0.4 is 10.6 Å². The number of rotatable bonds is 5. The van der Waals surface area contributed by atoms with Crippen molar-refractivity contribution >= 4 is 23.5 Å². The molecule has 0 saturated heterocycles. The molecule has 1 aromatic heterocycles. The van der Waals surface area contributed by atoms with Crippen molar-refractivity contribution in [3.8, 4) is 0 Å². The van der Waals surface area contributed by atoms with Gasteiger partial charge in [-0.15, -0.1) is 0 Å². The van der Waals surface area contributed by atoms with E-state index in [0.29, 0.717) is 5.69 Å². The van der Waals surface area contributed by atoms with E-state index in [1.165, 1.54) is 18.5 Å². The molecule has 7 nitrogen and oxygen atoms in total.